The van der Waals surface area contributed by atoms with E-state index in [0.29, 0.717) is 0 Å². The number of hydrogen-bond acceptors (Lipinski definition) is 2. The van der Waals surface area contributed by atoms with Crippen molar-refractivity contribution in [2.75, 3.05) is 26.7 Å². The van der Waals surface area contributed by atoms with E-state index in [4.69, 9.17) is 4.74 Å². The molecule has 1 aliphatic carbocycles. The maximum atomic E-state index is 5.56. The molecule has 0 N–H and O–H groups in total. The lowest BCUT2D eigenvalue weighted by Gasteiger charge is -2.29. The molecule has 90 valence electrons. The fourth-order valence-corrected chi connectivity index (χ4v) is 2.70. The van der Waals surface area contributed by atoms with Crippen LogP contribution in [0.5, 0.6) is 0 Å². The van der Waals surface area contributed by atoms with Gasteiger partial charge >= 0.3 is 0 Å². The number of nitrogens with zero attached hydrogens (tertiary/aromatic N) is 1. The minimum atomic E-state index is 0.258. The van der Waals surface area contributed by atoms with Gasteiger partial charge in [-0.1, -0.05) is 30.3 Å². The fourth-order valence-electron chi connectivity index (χ4n) is 2.70. The molecule has 2 nitrogen and oxygen atoms in total. The van der Waals surface area contributed by atoms with Crippen molar-refractivity contribution in [1.82, 2.24) is 4.90 Å². The molecular weight excluding hydrogens is 210 g/mol. The Balaban J connectivity index is 1.82. The maximum Gasteiger partial charge on any atom is 0.0867 e. The van der Waals surface area contributed by atoms with E-state index in [0.717, 1.165) is 13.0 Å². The first-order chi connectivity index (χ1) is 8.38. The lowest BCUT2D eigenvalue weighted by Crippen LogP contribution is -2.37. The molecule has 0 radical (unpaired) electrons. The van der Waals surface area contributed by atoms with Crippen LogP contribution in [0.1, 0.15) is 30.1 Å². The van der Waals surface area contributed by atoms with Crippen LogP contribution in [-0.2, 0) is 4.74 Å². The summed E-state index contributed by atoms with van der Waals surface area (Å²) < 4.78 is 5.56. The van der Waals surface area contributed by atoms with E-state index in [1.807, 2.05) is 0 Å². The molecule has 0 unspecified atom stereocenters. The Labute approximate surface area is 103 Å². The minimum absolute atomic E-state index is 0.258. The molecule has 1 aromatic rings. The van der Waals surface area contributed by atoms with Gasteiger partial charge in [0.2, 0.25) is 0 Å². The van der Waals surface area contributed by atoms with E-state index in [2.05, 4.69) is 35.2 Å². The molecule has 2 heteroatoms. The summed E-state index contributed by atoms with van der Waals surface area (Å²) in [7, 11) is 1.81. The minimum Gasteiger partial charge on any atom is -0.376 e. The van der Waals surface area contributed by atoms with E-state index in [-0.39, 0.29) is 6.10 Å². The van der Waals surface area contributed by atoms with Crippen molar-refractivity contribution >= 4 is 5.57 Å². The molecule has 0 amide bonds. The summed E-state index contributed by atoms with van der Waals surface area (Å²) in [6.45, 7) is 3.62. The molecule has 1 fully saturated rings. The highest BCUT2D eigenvalue weighted by molar-refractivity contribution is 5.73. The van der Waals surface area contributed by atoms with E-state index in [9.17, 15) is 0 Å². The summed E-state index contributed by atoms with van der Waals surface area (Å²) in [6.07, 6.45) is 5.04. The van der Waals surface area contributed by atoms with Crippen molar-refractivity contribution in [2.24, 2.45) is 0 Å². The highest BCUT2D eigenvalue weighted by Crippen LogP contribution is 2.41. The van der Waals surface area contributed by atoms with E-state index >= 15 is 0 Å². The van der Waals surface area contributed by atoms with Crippen LogP contribution in [0.4, 0.5) is 0 Å². The molecule has 1 aromatic carbocycles. The third-order valence-corrected chi connectivity index (χ3v) is 3.89. The Kier molecular flexibility index (Phi) is 3.00. The van der Waals surface area contributed by atoms with E-state index in [1.54, 1.807) is 7.11 Å². The quantitative estimate of drug-likeness (QED) is 0.790. The Bertz CT molecular complexity index is 434. The first kappa shape index (κ1) is 11.0. The monoisotopic (exact) mass is 229 g/mol. The number of ether oxygens (including phenoxy) is 1. The largest absolute Gasteiger partial charge is 0.376 e. The van der Waals surface area contributed by atoms with Crippen LogP contribution in [0.15, 0.2) is 30.3 Å². The van der Waals surface area contributed by atoms with Gasteiger partial charge in [-0.05, 0) is 36.2 Å². The molecule has 17 heavy (non-hydrogen) atoms. The molecule has 1 saturated heterocycles. The van der Waals surface area contributed by atoms with Crippen molar-refractivity contribution in [1.29, 1.82) is 0 Å². The van der Waals surface area contributed by atoms with Gasteiger partial charge in [0.25, 0.3) is 0 Å². The van der Waals surface area contributed by atoms with Crippen LogP contribution in [-0.4, -0.2) is 31.6 Å². The zero-order chi connectivity index (χ0) is 11.7. The molecule has 1 atom stereocenters. The van der Waals surface area contributed by atoms with E-state index < -0.39 is 0 Å². The summed E-state index contributed by atoms with van der Waals surface area (Å²) in [4.78, 5) is 2.48. The van der Waals surface area contributed by atoms with Crippen LogP contribution < -0.4 is 0 Å². The molecule has 2 aliphatic rings. The molecule has 0 spiro atoms. The molecule has 1 aliphatic heterocycles. The van der Waals surface area contributed by atoms with Gasteiger partial charge in [0.05, 0.1) is 6.10 Å². The number of benzene rings is 1. The maximum absolute atomic E-state index is 5.56. The third-order valence-electron chi connectivity index (χ3n) is 3.89. The van der Waals surface area contributed by atoms with Crippen LogP contribution >= 0.6 is 0 Å². The normalized spacial score (nSPS) is 25.9. The zero-order valence-electron chi connectivity index (χ0n) is 10.4. The van der Waals surface area contributed by atoms with Gasteiger partial charge in [-0.25, -0.2) is 0 Å². The average Bonchev–Trinajstić information content (AvgIpc) is 2.66. The number of methoxy groups -OCH3 is 1. The Morgan fingerprint density at radius 3 is 2.88 bits per heavy atom. The first-order valence-corrected chi connectivity index (χ1v) is 6.42. The van der Waals surface area contributed by atoms with Gasteiger partial charge in [-0.15, -0.1) is 0 Å². The van der Waals surface area contributed by atoms with Crippen molar-refractivity contribution in [3.05, 3.63) is 41.5 Å². The number of hydrogen-bond donors (Lipinski definition) is 0. The summed E-state index contributed by atoms with van der Waals surface area (Å²) in [6, 6.07) is 8.63. The second-order valence-corrected chi connectivity index (χ2v) is 4.90. The average molecular weight is 229 g/mol. The molecule has 0 saturated carbocycles. The SMILES string of the molecule is CO[C@@H]1C/C(=C\CN2CCC2)c2ccccc21. The number of rotatable bonds is 3. The lowest BCUT2D eigenvalue weighted by atomic mass is 10.1. The third kappa shape index (κ3) is 2.03. The highest BCUT2D eigenvalue weighted by atomic mass is 16.5. The van der Waals surface area contributed by atoms with Crippen molar-refractivity contribution in [3.8, 4) is 0 Å². The second-order valence-electron chi connectivity index (χ2n) is 4.90. The predicted octanol–water partition coefficient (Wildman–Crippen LogP) is 2.87. The van der Waals surface area contributed by atoms with E-state index in [1.165, 1.54) is 36.2 Å². The Morgan fingerprint density at radius 1 is 1.35 bits per heavy atom. The van der Waals surface area contributed by atoms with Crippen molar-refractivity contribution < 1.29 is 4.74 Å². The van der Waals surface area contributed by atoms with Gasteiger partial charge in [-0.2, -0.15) is 0 Å². The topological polar surface area (TPSA) is 12.5 Å². The van der Waals surface area contributed by atoms with Gasteiger partial charge in [0, 0.05) is 20.1 Å². The summed E-state index contributed by atoms with van der Waals surface area (Å²) >= 11 is 0. The first-order valence-electron chi connectivity index (χ1n) is 6.42. The van der Waals surface area contributed by atoms with Crippen LogP contribution in [0, 0.1) is 0 Å². The summed E-state index contributed by atoms with van der Waals surface area (Å²) in [5, 5.41) is 0. The molecular formula is C15H19NO. The molecule has 0 bridgehead atoms. The lowest BCUT2D eigenvalue weighted by molar-refractivity contribution is 0.112. The van der Waals surface area contributed by atoms with Crippen LogP contribution in [0.2, 0.25) is 0 Å². The van der Waals surface area contributed by atoms with Crippen LogP contribution in [0.25, 0.3) is 5.57 Å². The van der Waals surface area contributed by atoms with Gasteiger partial charge in [0.1, 0.15) is 0 Å². The van der Waals surface area contributed by atoms with Crippen molar-refractivity contribution in [2.45, 2.75) is 18.9 Å². The smallest absolute Gasteiger partial charge is 0.0867 e. The second kappa shape index (κ2) is 4.63. The number of likely N-dealkylation sites (tertiary alicyclic amines) is 1. The van der Waals surface area contributed by atoms with Gasteiger partial charge in [0.15, 0.2) is 0 Å². The molecule has 1 heterocycles. The standard InChI is InChI=1S/C15H19NO/c1-17-15-11-12(7-10-16-8-4-9-16)13-5-2-3-6-14(13)15/h2-3,5-7,15H,4,8-11H2,1H3/b12-7+/t15-/m1/s1. The van der Waals surface area contributed by atoms with Crippen LogP contribution in [0.3, 0.4) is 0 Å². The highest BCUT2D eigenvalue weighted by Gasteiger charge is 2.25. The van der Waals surface area contributed by atoms with Gasteiger partial charge in [-0.3, -0.25) is 4.90 Å². The fraction of sp³-hybridized carbons (Fsp3) is 0.467. The molecule has 0 aromatic heterocycles. The number of fused-ring (bicyclic) bond motifs is 1. The Hall–Kier alpha value is -1.12. The van der Waals surface area contributed by atoms with Crippen molar-refractivity contribution in [3.63, 3.8) is 0 Å². The zero-order valence-corrected chi connectivity index (χ0v) is 10.4. The van der Waals surface area contributed by atoms with Gasteiger partial charge < -0.3 is 4.74 Å². The predicted molar refractivity (Wildman–Crippen MR) is 69.8 cm³/mol. The Morgan fingerprint density at radius 2 is 2.18 bits per heavy atom. The summed E-state index contributed by atoms with van der Waals surface area (Å²) in [5.41, 5.74) is 4.20. The summed E-state index contributed by atoms with van der Waals surface area (Å²) in [5.74, 6) is 0. The molecule has 3 rings (SSSR count).